The number of methoxy groups -OCH3 is 1. The van der Waals surface area contributed by atoms with Crippen LogP contribution in [-0.4, -0.2) is 30.5 Å². The number of hydrogen-bond donors (Lipinski definition) is 1. The maximum Gasteiger partial charge on any atom is 0.249 e. The minimum absolute atomic E-state index is 0.0493. The molecule has 0 fully saturated rings. The fourth-order valence-corrected chi connectivity index (χ4v) is 1.18. The molecule has 0 spiro atoms. The first-order chi connectivity index (χ1) is 6.03. The molecule has 4 heteroatoms. The largest absolute Gasteiger partial charge is 0.371 e. The Bertz CT molecular complexity index is 244. The summed E-state index contributed by atoms with van der Waals surface area (Å²) in [5.41, 5.74) is -0.458. The highest BCUT2D eigenvalue weighted by Gasteiger charge is 2.35. The molecule has 0 aromatic carbocycles. The molecule has 1 rings (SSSR count). The summed E-state index contributed by atoms with van der Waals surface area (Å²) in [6.07, 6.45) is 0.787. The number of hydrogen-bond acceptors (Lipinski definition) is 3. The third-order valence-electron chi connectivity index (χ3n) is 2.57. The Morgan fingerprint density at radius 1 is 1.69 bits per heavy atom. The van der Waals surface area contributed by atoms with Crippen molar-refractivity contribution in [2.24, 2.45) is 4.99 Å². The summed E-state index contributed by atoms with van der Waals surface area (Å²) in [7, 11) is 1.63. The van der Waals surface area contributed by atoms with Gasteiger partial charge in [0.1, 0.15) is 17.5 Å². The third-order valence-corrected chi connectivity index (χ3v) is 2.57. The van der Waals surface area contributed by atoms with Crippen molar-refractivity contribution in [3.63, 3.8) is 0 Å². The zero-order valence-corrected chi connectivity index (χ0v) is 8.55. The first-order valence-electron chi connectivity index (χ1n) is 4.47. The first-order valence-corrected chi connectivity index (χ1v) is 4.47. The number of amides is 1. The van der Waals surface area contributed by atoms with E-state index < -0.39 is 5.60 Å². The fraction of sp³-hybridized carbons (Fsp3) is 0.778. The Hall–Kier alpha value is -0.900. The number of carbonyl (C=O) groups is 1. The Kier molecular flexibility index (Phi) is 2.71. The number of amidine groups is 1. The maximum absolute atomic E-state index is 11.2. The summed E-state index contributed by atoms with van der Waals surface area (Å²) in [6, 6.07) is -0.281. The normalized spacial score (nSPS) is 26.6. The van der Waals surface area contributed by atoms with E-state index in [4.69, 9.17) is 4.74 Å². The Morgan fingerprint density at radius 2 is 2.31 bits per heavy atom. The molecule has 74 valence electrons. The monoisotopic (exact) mass is 184 g/mol. The van der Waals surface area contributed by atoms with E-state index in [1.54, 1.807) is 14.0 Å². The Morgan fingerprint density at radius 3 is 2.62 bits per heavy atom. The molecule has 2 unspecified atom stereocenters. The van der Waals surface area contributed by atoms with E-state index in [0.717, 1.165) is 6.42 Å². The van der Waals surface area contributed by atoms with Gasteiger partial charge in [-0.25, -0.2) is 0 Å². The molecule has 0 radical (unpaired) electrons. The van der Waals surface area contributed by atoms with Crippen molar-refractivity contribution in [2.75, 3.05) is 7.11 Å². The van der Waals surface area contributed by atoms with E-state index in [-0.39, 0.29) is 11.9 Å². The van der Waals surface area contributed by atoms with Gasteiger partial charge >= 0.3 is 0 Å². The molecule has 1 aliphatic heterocycles. The second kappa shape index (κ2) is 3.46. The summed E-state index contributed by atoms with van der Waals surface area (Å²) >= 11 is 0. The number of rotatable bonds is 3. The van der Waals surface area contributed by atoms with Gasteiger partial charge in [-0.05, 0) is 20.3 Å². The van der Waals surface area contributed by atoms with Gasteiger partial charge in [0.2, 0.25) is 5.91 Å². The van der Waals surface area contributed by atoms with E-state index >= 15 is 0 Å². The van der Waals surface area contributed by atoms with Crippen LogP contribution < -0.4 is 5.32 Å². The van der Waals surface area contributed by atoms with Crippen LogP contribution in [0.2, 0.25) is 0 Å². The van der Waals surface area contributed by atoms with Crippen LogP contribution in [0.5, 0.6) is 0 Å². The summed E-state index contributed by atoms with van der Waals surface area (Å²) in [6.45, 7) is 5.69. The van der Waals surface area contributed by atoms with Crippen LogP contribution >= 0.6 is 0 Å². The first kappa shape index (κ1) is 10.2. The topological polar surface area (TPSA) is 50.7 Å². The minimum atomic E-state index is -0.458. The molecular weight excluding hydrogens is 168 g/mol. The van der Waals surface area contributed by atoms with Gasteiger partial charge in [0.15, 0.2) is 0 Å². The summed E-state index contributed by atoms with van der Waals surface area (Å²) in [4.78, 5) is 15.4. The summed E-state index contributed by atoms with van der Waals surface area (Å²) in [5, 5.41) is 2.73. The van der Waals surface area contributed by atoms with E-state index in [0.29, 0.717) is 5.84 Å². The van der Waals surface area contributed by atoms with Crippen molar-refractivity contribution in [3.8, 4) is 0 Å². The van der Waals surface area contributed by atoms with Crippen molar-refractivity contribution in [1.82, 2.24) is 5.32 Å². The lowest BCUT2D eigenvalue weighted by Gasteiger charge is -2.26. The molecule has 0 aromatic rings. The fourth-order valence-electron chi connectivity index (χ4n) is 1.18. The van der Waals surface area contributed by atoms with Crippen LogP contribution in [-0.2, 0) is 9.53 Å². The van der Waals surface area contributed by atoms with Crippen LogP contribution in [0.1, 0.15) is 27.2 Å². The van der Waals surface area contributed by atoms with Gasteiger partial charge in [0.25, 0.3) is 0 Å². The molecule has 0 aromatic heterocycles. The molecule has 0 bridgehead atoms. The average Bonchev–Trinajstić information content (AvgIpc) is 2.46. The van der Waals surface area contributed by atoms with Gasteiger partial charge in [0.05, 0.1) is 0 Å². The molecule has 13 heavy (non-hydrogen) atoms. The Balaban J connectivity index is 2.84. The van der Waals surface area contributed by atoms with E-state index in [1.807, 2.05) is 13.8 Å². The lowest BCUT2D eigenvalue weighted by molar-refractivity contribution is -0.119. The quantitative estimate of drug-likeness (QED) is 0.702. The van der Waals surface area contributed by atoms with Crippen molar-refractivity contribution in [2.45, 2.75) is 38.8 Å². The van der Waals surface area contributed by atoms with E-state index in [9.17, 15) is 4.79 Å². The highest BCUT2D eigenvalue weighted by Crippen LogP contribution is 2.18. The van der Waals surface area contributed by atoms with Crippen molar-refractivity contribution < 1.29 is 9.53 Å². The third kappa shape index (κ3) is 1.72. The standard InChI is InChI=1S/C9H16N2O2/c1-5-9(3,13-4)8-10-6(2)7(12)11-8/h6H,5H2,1-4H3,(H,10,11,12). The highest BCUT2D eigenvalue weighted by atomic mass is 16.5. The lowest BCUT2D eigenvalue weighted by Crippen LogP contribution is -2.45. The molecule has 4 nitrogen and oxygen atoms in total. The predicted molar refractivity (Wildman–Crippen MR) is 50.7 cm³/mol. The van der Waals surface area contributed by atoms with Crippen molar-refractivity contribution in [3.05, 3.63) is 0 Å². The SMILES string of the molecule is CCC(C)(OC)C1=NC(C)C(=O)N1. The predicted octanol–water partition coefficient (Wildman–Crippen LogP) is 0.718. The number of aliphatic imine (C=N–C) groups is 1. The molecule has 0 saturated carbocycles. The van der Waals surface area contributed by atoms with Crippen LogP contribution in [0.4, 0.5) is 0 Å². The molecular formula is C9H16N2O2. The van der Waals surface area contributed by atoms with E-state index in [2.05, 4.69) is 10.3 Å². The van der Waals surface area contributed by atoms with Gasteiger partial charge in [-0.2, -0.15) is 0 Å². The van der Waals surface area contributed by atoms with Crippen LogP contribution in [0.15, 0.2) is 4.99 Å². The van der Waals surface area contributed by atoms with Crippen LogP contribution in [0.25, 0.3) is 0 Å². The van der Waals surface area contributed by atoms with Gasteiger partial charge < -0.3 is 10.1 Å². The van der Waals surface area contributed by atoms with Gasteiger partial charge in [0, 0.05) is 7.11 Å². The second-order valence-electron chi connectivity index (χ2n) is 3.43. The second-order valence-corrected chi connectivity index (χ2v) is 3.43. The van der Waals surface area contributed by atoms with E-state index in [1.165, 1.54) is 0 Å². The van der Waals surface area contributed by atoms with Crippen molar-refractivity contribution >= 4 is 11.7 Å². The zero-order chi connectivity index (χ0) is 10.1. The van der Waals surface area contributed by atoms with Gasteiger partial charge in [-0.3, -0.25) is 9.79 Å². The zero-order valence-electron chi connectivity index (χ0n) is 8.55. The number of ether oxygens (including phenoxy) is 1. The molecule has 1 amide bonds. The van der Waals surface area contributed by atoms with Crippen molar-refractivity contribution in [1.29, 1.82) is 0 Å². The van der Waals surface area contributed by atoms with Gasteiger partial charge in [-0.1, -0.05) is 6.92 Å². The van der Waals surface area contributed by atoms with Crippen LogP contribution in [0.3, 0.4) is 0 Å². The lowest BCUT2D eigenvalue weighted by atomic mass is 10.0. The van der Waals surface area contributed by atoms with Gasteiger partial charge in [-0.15, -0.1) is 0 Å². The summed E-state index contributed by atoms with van der Waals surface area (Å²) in [5.74, 6) is 0.599. The smallest absolute Gasteiger partial charge is 0.249 e. The highest BCUT2D eigenvalue weighted by molar-refractivity contribution is 6.09. The number of nitrogens with zero attached hydrogens (tertiary/aromatic N) is 1. The van der Waals surface area contributed by atoms with Crippen LogP contribution in [0, 0.1) is 0 Å². The maximum atomic E-state index is 11.2. The molecule has 2 atom stereocenters. The number of nitrogens with one attached hydrogen (secondary N) is 1. The minimum Gasteiger partial charge on any atom is -0.371 e. The summed E-state index contributed by atoms with van der Waals surface area (Å²) < 4.78 is 5.32. The molecule has 1 heterocycles. The molecule has 1 aliphatic rings. The molecule has 1 N–H and O–H groups in total. The molecule has 0 saturated heterocycles. The molecule has 0 aliphatic carbocycles. The average molecular weight is 184 g/mol. The number of carbonyl (C=O) groups excluding carboxylic acids is 1. The Labute approximate surface area is 78.4 Å².